The summed E-state index contributed by atoms with van der Waals surface area (Å²) in [6.45, 7) is 0.628. The molecular formula is C19H18ClNO4S. The van der Waals surface area contributed by atoms with Gasteiger partial charge in [-0.25, -0.2) is 17.5 Å². The summed E-state index contributed by atoms with van der Waals surface area (Å²) < 4.78 is 32.7. The molecule has 136 valence electrons. The van der Waals surface area contributed by atoms with Crippen molar-refractivity contribution in [2.24, 2.45) is 0 Å². The van der Waals surface area contributed by atoms with Crippen LogP contribution in [0.5, 0.6) is 0 Å². The summed E-state index contributed by atoms with van der Waals surface area (Å²) in [5.74, 6) is -0.455. The van der Waals surface area contributed by atoms with Crippen LogP contribution < -0.4 is 0 Å². The molecule has 0 aliphatic carbocycles. The van der Waals surface area contributed by atoms with E-state index < -0.39 is 15.6 Å². The fourth-order valence-corrected chi connectivity index (χ4v) is 5.59. The fourth-order valence-electron chi connectivity index (χ4n) is 3.75. The highest BCUT2D eigenvalue weighted by molar-refractivity contribution is 7.88. The molecule has 0 unspecified atom stereocenters. The van der Waals surface area contributed by atoms with Gasteiger partial charge in [0.05, 0.1) is 11.3 Å². The van der Waals surface area contributed by atoms with Crippen LogP contribution in [0, 0.1) is 0 Å². The third-order valence-corrected chi connectivity index (χ3v) is 7.34. The molecule has 2 aliphatic heterocycles. The number of esters is 1. The van der Waals surface area contributed by atoms with Crippen LogP contribution in [0.3, 0.4) is 0 Å². The van der Waals surface area contributed by atoms with Gasteiger partial charge in [0.25, 0.3) is 0 Å². The number of nitrogens with zero attached hydrogens (tertiary/aromatic N) is 1. The van der Waals surface area contributed by atoms with Crippen LogP contribution in [0.1, 0.15) is 34.3 Å². The molecule has 2 heterocycles. The molecule has 7 heteroatoms. The van der Waals surface area contributed by atoms with Crippen molar-refractivity contribution in [2.75, 3.05) is 13.1 Å². The van der Waals surface area contributed by atoms with E-state index in [9.17, 15) is 13.2 Å². The third-order valence-electron chi connectivity index (χ3n) is 5.15. The molecule has 2 aromatic carbocycles. The molecule has 0 saturated carbocycles. The first-order chi connectivity index (χ1) is 12.4. The number of rotatable bonds is 3. The molecule has 0 N–H and O–H groups in total. The Labute approximate surface area is 157 Å². The van der Waals surface area contributed by atoms with Gasteiger partial charge in [-0.15, -0.1) is 0 Å². The number of hydrogen-bond donors (Lipinski definition) is 0. The number of hydrogen-bond acceptors (Lipinski definition) is 4. The molecular weight excluding hydrogens is 374 g/mol. The SMILES string of the molecule is O=C1OC2(CCN(S(=O)(=O)Cc3ccccc3Cl)CC2)c2ccccc21. The second kappa shape index (κ2) is 6.37. The molecule has 26 heavy (non-hydrogen) atoms. The minimum absolute atomic E-state index is 0.129. The predicted octanol–water partition coefficient (Wildman–Crippen LogP) is 3.33. The number of carbonyl (C=O) groups is 1. The van der Waals surface area contributed by atoms with Crippen LogP contribution in [0.15, 0.2) is 48.5 Å². The Kier molecular flexibility index (Phi) is 4.29. The third kappa shape index (κ3) is 2.92. The zero-order valence-corrected chi connectivity index (χ0v) is 15.6. The maximum Gasteiger partial charge on any atom is 0.339 e. The summed E-state index contributed by atoms with van der Waals surface area (Å²) >= 11 is 6.10. The van der Waals surface area contributed by atoms with Crippen molar-refractivity contribution in [1.82, 2.24) is 4.31 Å². The lowest BCUT2D eigenvalue weighted by molar-refractivity contribution is -0.0329. The van der Waals surface area contributed by atoms with Gasteiger partial charge in [-0.2, -0.15) is 0 Å². The number of sulfonamides is 1. The molecule has 0 amide bonds. The molecule has 2 aliphatic rings. The standard InChI is InChI=1S/C19H18ClNO4S/c20-17-8-4-1-5-14(17)13-26(23,24)21-11-9-19(10-12-21)16-7-3-2-6-15(16)18(22)25-19/h1-8H,9-13H2. The van der Waals surface area contributed by atoms with Gasteiger partial charge in [-0.3, -0.25) is 0 Å². The summed E-state index contributed by atoms with van der Waals surface area (Å²) in [4.78, 5) is 12.1. The van der Waals surface area contributed by atoms with E-state index in [0.717, 1.165) is 5.56 Å². The van der Waals surface area contributed by atoms with Gasteiger partial charge in [-0.1, -0.05) is 48.0 Å². The van der Waals surface area contributed by atoms with Crippen molar-refractivity contribution < 1.29 is 17.9 Å². The smallest absolute Gasteiger partial charge is 0.339 e. The number of carbonyl (C=O) groups excluding carboxylic acids is 1. The molecule has 1 spiro atoms. The second-order valence-electron chi connectivity index (χ2n) is 6.68. The van der Waals surface area contributed by atoms with Gasteiger partial charge in [0.2, 0.25) is 10.0 Å². The van der Waals surface area contributed by atoms with Crippen LogP contribution in [-0.4, -0.2) is 31.8 Å². The average molecular weight is 392 g/mol. The van der Waals surface area contributed by atoms with E-state index in [0.29, 0.717) is 42.1 Å². The van der Waals surface area contributed by atoms with Crippen LogP contribution in [0.4, 0.5) is 0 Å². The van der Waals surface area contributed by atoms with E-state index >= 15 is 0 Å². The Morgan fingerprint density at radius 2 is 1.69 bits per heavy atom. The number of fused-ring (bicyclic) bond motifs is 2. The van der Waals surface area contributed by atoms with Gasteiger partial charge in [0, 0.05) is 36.5 Å². The predicted molar refractivity (Wildman–Crippen MR) is 98.4 cm³/mol. The van der Waals surface area contributed by atoms with Gasteiger partial charge in [0.15, 0.2) is 0 Å². The Morgan fingerprint density at radius 1 is 1.04 bits per heavy atom. The molecule has 0 radical (unpaired) electrons. The van der Waals surface area contributed by atoms with E-state index in [1.54, 1.807) is 30.3 Å². The molecule has 2 aromatic rings. The van der Waals surface area contributed by atoms with Gasteiger partial charge in [-0.05, 0) is 17.7 Å². The lowest BCUT2D eigenvalue weighted by Gasteiger charge is -2.38. The van der Waals surface area contributed by atoms with E-state index in [-0.39, 0.29) is 11.7 Å². The van der Waals surface area contributed by atoms with Gasteiger partial charge >= 0.3 is 5.97 Å². The highest BCUT2D eigenvalue weighted by atomic mass is 35.5. The lowest BCUT2D eigenvalue weighted by atomic mass is 9.84. The van der Waals surface area contributed by atoms with Crippen molar-refractivity contribution in [3.63, 3.8) is 0 Å². The average Bonchev–Trinajstić information content (AvgIpc) is 2.90. The van der Waals surface area contributed by atoms with Crippen LogP contribution in [-0.2, 0) is 26.1 Å². The first-order valence-electron chi connectivity index (χ1n) is 8.45. The highest BCUT2D eigenvalue weighted by Gasteiger charge is 2.48. The van der Waals surface area contributed by atoms with Gasteiger partial charge < -0.3 is 4.74 Å². The van der Waals surface area contributed by atoms with Crippen LogP contribution in [0.25, 0.3) is 0 Å². The summed E-state index contributed by atoms with van der Waals surface area (Å²) in [6.07, 6.45) is 0.912. The lowest BCUT2D eigenvalue weighted by Crippen LogP contribution is -2.45. The maximum atomic E-state index is 12.8. The normalized spacial score (nSPS) is 19.3. The van der Waals surface area contributed by atoms with Crippen molar-refractivity contribution in [1.29, 1.82) is 0 Å². The van der Waals surface area contributed by atoms with Crippen molar-refractivity contribution in [3.8, 4) is 0 Å². The number of ether oxygens (including phenoxy) is 1. The Bertz CT molecular complexity index is 965. The summed E-state index contributed by atoms with van der Waals surface area (Å²) in [5.41, 5.74) is 1.34. The number of piperidine rings is 1. The quantitative estimate of drug-likeness (QED) is 0.753. The van der Waals surface area contributed by atoms with Crippen LogP contribution >= 0.6 is 11.6 Å². The molecule has 5 nitrogen and oxygen atoms in total. The van der Waals surface area contributed by atoms with E-state index in [1.807, 2.05) is 18.2 Å². The molecule has 1 fully saturated rings. The first-order valence-corrected chi connectivity index (χ1v) is 10.4. The van der Waals surface area contributed by atoms with E-state index in [1.165, 1.54) is 4.31 Å². The zero-order valence-electron chi connectivity index (χ0n) is 14.0. The Morgan fingerprint density at radius 3 is 2.42 bits per heavy atom. The molecule has 1 saturated heterocycles. The van der Waals surface area contributed by atoms with Gasteiger partial charge in [0.1, 0.15) is 5.60 Å². The molecule has 4 rings (SSSR count). The minimum atomic E-state index is -3.49. The zero-order chi connectivity index (χ0) is 18.4. The van der Waals surface area contributed by atoms with Crippen molar-refractivity contribution >= 4 is 27.6 Å². The Balaban J connectivity index is 1.52. The molecule has 0 bridgehead atoms. The number of benzene rings is 2. The number of halogens is 1. The first kappa shape index (κ1) is 17.5. The Hall–Kier alpha value is -1.89. The second-order valence-corrected chi connectivity index (χ2v) is 9.05. The van der Waals surface area contributed by atoms with Crippen LogP contribution in [0.2, 0.25) is 5.02 Å². The van der Waals surface area contributed by atoms with Crippen molar-refractivity contribution in [2.45, 2.75) is 24.2 Å². The van der Waals surface area contributed by atoms with Crippen molar-refractivity contribution in [3.05, 3.63) is 70.2 Å². The topological polar surface area (TPSA) is 63.7 Å². The monoisotopic (exact) mass is 391 g/mol. The molecule has 0 atom stereocenters. The van der Waals surface area contributed by atoms with E-state index in [4.69, 9.17) is 16.3 Å². The summed E-state index contributed by atoms with van der Waals surface area (Å²) in [6, 6.07) is 14.3. The largest absolute Gasteiger partial charge is 0.450 e. The van der Waals surface area contributed by atoms with E-state index in [2.05, 4.69) is 0 Å². The highest BCUT2D eigenvalue weighted by Crippen LogP contribution is 2.44. The molecule has 0 aromatic heterocycles. The minimum Gasteiger partial charge on any atom is -0.450 e. The maximum absolute atomic E-state index is 12.8. The summed E-state index contributed by atoms with van der Waals surface area (Å²) in [5, 5.41) is 0.447. The summed E-state index contributed by atoms with van der Waals surface area (Å²) in [7, 11) is -3.49. The fraction of sp³-hybridized carbons (Fsp3) is 0.316.